The molecule has 3 aliphatic heterocycles. The van der Waals surface area contributed by atoms with Gasteiger partial charge in [0.15, 0.2) is 5.79 Å². The van der Waals surface area contributed by atoms with Crippen LogP contribution in [0, 0.1) is 17.8 Å². The Balaban J connectivity index is 1.34. The van der Waals surface area contributed by atoms with Crippen LogP contribution in [-0.4, -0.2) is 77.8 Å². The molecule has 0 aromatic rings. The van der Waals surface area contributed by atoms with Crippen LogP contribution in [0.3, 0.4) is 0 Å². The van der Waals surface area contributed by atoms with Gasteiger partial charge in [0.25, 0.3) is 6.47 Å². The summed E-state index contributed by atoms with van der Waals surface area (Å²) < 4.78 is 29.8. The largest absolute Gasteiger partial charge is 0.464 e. The van der Waals surface area contributed by atoms with Crippen molar-refractivity contribution in [3.05, 3.63) is 58.7 Å². The molecular formula is C38H56O9. The van der Waals surface area contributed by atoms with E-state index in [9.17, 15) is 19.8 Å². The SMILES string of the molecule is CCC1OC2(CCC1C)CC(OC=O)CC(CC=C(C)CC(C)C=CC=C1COC3C(O)C(COC(=O)C=C(C)C)=CC(C)C13O)O2. The van der Waals surface area contributed by atoms with E-state index in [1.807, 2.05) is 32.9 Å². The van der Waals surface area contributed by atoms with E-state index in [4.69, 9.17) is 23.7 Å². The lowest BCUT2D eigenvalue weighted by Gasteiger charge is -2.49. The van der Waals surface area contributed by atoms with Gasteiger partial charge in [-0.25, -0.2) is 4.79 Å². The molecule has 0 bridgehead atoms. The molecule has 2 N–H and O–H groups in total. The van der Waals surface area contributed by atoms with E-state index in [1.165, 1.54) is 11.6 Å². The fourth-order valence-electron chi connectivity index (χ4n) is 7.59. The van der Waals surface area contributed by atoms with Crippen LogP contribution in [0.15, 0.2) is 58.7 Å². The van der Waals surface area contributed by atoms with Crippen molar-refractivity contribution >= 4 is 12.4 Å². The van der Waals surface area contributed by atoms with Crippen LogP contribution >= 0.6 is 0 Å². The Morgan fingerprint density at radius 3 is 2.68 bits per heavy atom. The van der Waals surface area contributed by atoms with Crippen molar-refractivity contribution in [2.45, 2.75) is 135 Å². The molecule has 10 atom stereocenters. The number of fused-ring (bicyclic) bond motifs is 1. The minimum Gasteiger partial charge on any atom is -0.464 e. The summed E-state index contributed by atoms with van der Waals surface area (Å²) in [6, 6.07) is 0. The average molecular weight is 657 g/mol. The highest BCUT2D eigenvalue weighted by Gasteiger charge is 2.56. The number of hydrogen-bond acceptors (Lipinski definition) is 9. The number of aliphatic hydroxyl groups is 2. The van der Waals surface area contributed by atoms with E-state index in [-0.39, 0.29) is 43.4 Å². The molecule has 4 aliphatic rings. The summed E-state index contributed by atoms with van der Waals surface area (Å²) in [5.41, 5.74) is 1.96. The normalized spacial score (nSPS) is 37.4. The van der Waals surface area contributed by atoms with Crippen LogP contribution in [0.25, 0.3) is 0 Å². The van der Waals surface area contributed by atoms with Crippen LogP contribution in [-0.2, 0) is 33.3 Å². The van der Waals surface area contributed by atoms with Crippen molar-refractivity contribution in [2.24, 2.45) is 17.8 Å². The molecule has 3 saturated heterocycles. The van der Waals surface area contributed by atoms with Gasteiger partial charge in [-0.1, -0.05) is 69.2 Å². The zero-order valence-corrected chi connectivity index (χ0v) is 29.3. The number of rotatable bonds is 12. The first-order valence-corrected chi connectivity index (χ1v) is 17.3. The number of hydrogen-bond donors (Lipinski definition) is 2. The average Bonchev–Trinajstić information content (AvgIpc) is 3.36. The second-order valence-electron chi connectivity index (χ2n) is 14.4. The van der Waals surface area contributed by atoms with Crippen LogP contribution in [0.4, 0.5) is 0 Å². The van der Waals surface area contributed by atoms with Crippen molar-refractivity contribution < 1.29 is 43.5 Å². The summed E-state index contributed by atoms with van der Waals surface area (Å²) in [6.07, 6.45) is 14.9. The van der Waals surface area contributed by atoms with Crippen LogP contribution in [0.1, 0.15) is 93.4 Å². The molecule has 0 aromatic carbocycles. The van der Waals surface area contributed by atoms with Gasteiger partial charge in [-0.3, -0.25) is 4.79 Å². The maximum Gasteiger partial charge on any atom is 0.331 e. The minimum atomic E-state index is -1.35. The van der Waals surface area contributed by atoms with Gasteiger partial charge in [-0.2, -0.15) is 0 Å². The van der Waals surface area contributed by atoms with Crippen molar-refractivity contribution in [3.8, 4) is 0 Å². The second-order valence-corrected chi connectivity index (χ2v) is 14.4. The number of allylic oxidation sites excluding steroid dienone is 5. The number of esters is 1. The quantitative estimate of drug-likeness (QED) is 0.112. The Morgan fingerprint density at radius 2 is 1.98 bits per heavy atom. The first kappa shape index (κ1) is 37.3. The number of aliphatic hydroxyl groups excluding tert-OH is 1. The van der Waals surface area contributed by atoms with Crippen LogP contribution < -0.4 is 0 Å². The Hall–Kier alpha value is -2.56. The Kier molecular flexibility index (Phi) is 12.9. The molecule has 1 aliphatic carbocycles. The molecule has 47 heavy (non-hydrogen) atoms. The lowest BCUT2D eigenvalue weighted by atomic mass is 9.71. The van der Waals surface area contributed by atoms with Crippen molar-refractivity contribution in [3.63, 3.8) is 0 Å². The predicted molar refractivity (Wildman–Crippen MR) is 179 cm³/mol. The molecule has 10 unspecified atom stereocenters. The second kappa shape index (κ2) is 16.2. The summed E-state index contributed by atoms with van der Waals surface area (Å²) in [5.74, 6) is -0.776. The van der Waals surface area contributed by atoms with E-state index in [0.717, 1.165) is 37.7 Å². The highest BCUT2D eigenvalue weighted by Crippen LogP contribution is 2.45. The summed E-state index contributed by atoms with van der Waals surface area (Å²) in [5, 5.41) is 22.7. The van der Waals surface area contributed by atoms with Crippen molar-refractivity contribution in [1.82, 2.24) is 0 Å². The Labute approximate surface area is 280 Å². The van der Waals surface area contributed by atoms with Gasteiger partial charge in [0, 0.05) is 31.3 Å². The Bertz CT molecular complexity index is 1260. The first-order chi connectivity index (χ1) is 22.3. The number of carbonyl (C=O) groups is 2. The monoisotopic (exact) mass is 656 g/mol. The molecule has 0 aromatic heterocycles. The molecule has 262 valence electrons. The molecule has 1 spiro atoms. The fraction of sp³-hybridized carbons (Fsp3) is 0.684. The van der Waals surface area contributed by atoms with Gasteiger partial charge >= 0.3 is 5.97 Å². The van der Waals surface area contributed by atoms with Gasteiger partial charge in [-0.15, -0.1) is 0 Å². The maximum absolute atomic E-state index is 12.0. The predicted octanol–water partition coefficient (Wildman–Crippen LogP) is 6.05. The summed E-state index contributed by atoms with van der Waals surface area (Å²) in [4.78, 5) is 23.2. The van der Waals surface area contributed by atoms with E-state index < -0.39 is 29.6 Å². The smallest absolute Gasteiger partial charge is 0.331 e. The van der Waals surface area contributed by atoms with Gasteiger partial charge in [0.05, 0.1) is 18.8 Å². The van der Waals surface area contributed by atoms with E-state index in [1.54, 1.807) is 6.08 Å². The number of ether oxygens (including phenoxy) is 5. The van der Waals surface area contributed by atoms with E-state index in [0.29, 0.717) is 36.4 Å². The van der Waals surface area contributed by atoms with Gasteiger partial charge < -0.3 is 33.9 Å². The molecule has 0 amide bonds. The standard InChI is InChI=1S/C38H56O9/c1-8-33-27(6)14-15-37(47-33)20-32(45-23-39)19-31(46-37)13-12-26(5)17-25(4)10-9-11-30-22-44-36-35(41)29(18-28(7)38(30,36)42)21-43-34(40)16-24(2)3/h9-12,16,18,23,25,27-28,31-33,35-36,41-42H,8,13-15,17,19-22H2,1-7H3. The molecule has 9 heteroatoms. The van der Waals surface area contributed by atoms with E-state index >= 15 is 0 Å². The summed E-state index contributed by atoms with van der Waals surface area (Å²) >= 11 is 0. The molecular weight excluding hydrogens is 600 g/mol. The van der Waals surface area contributed by atoms with Crippen LogP contribution in [0.5, 0.6) is 0 Å². The molecule has 3 fully saturated rings. The third-order valence-corrected chi connectivity index (χ3v) is 10.2. The highest BCUT2D eigenvalue weighted by molar-refractivity contribution is 5.82. The lowest BCUT2D eigenvalue weighted by molar-refractivity contribution is -0.334. The van der Waals surface area contributed by atoms with Gasteiger partial charge in [-0.05, 0) is 69.4 Å². The third kappa shape index (κ3) is 9.12. The first-order valence-electron chi connectivity index (χ1n) is 17.3. The van der Waals surface area contributed by atoms with Gasteiger partial charge in [0.1, 0.15) is 30.5 Å². The fourth-order valence-corrected chi connectivity index (χ4v) is 7.59. The van der Waals surface area contributed by atoms with Crippen LogP contribution in [0.2, 0.25) is 0 Å². The topological polar surface area (TPSA) is 121 Å². The van der Waals surface area contributed by atoms with Crippen molar-refractivity contribution in [2.75, 3.05) is 13.2 Å². The zero-order chi connectivity index (χ0) is 34.4. The minimum absolute atomic E-state index is 0.0549. The molecule has 4 rings (SSSR count). The van der Waals surface area contributed by atoms with Gasteiger partial charge in [0.2, 0.25) is 0 Å². The lowest BCUT2D eigenvalue weighted by Crippen LogP contribution is -2.54. The maximum atomic E-state index is 12.0. The number of carbonyl (C=O) groups excluding carboxylic acids is 2. The molecule has 0 radical (unpaired) electrons. The summed E-state index contributed by atoms with van der Waals surface area (Å²) in [7, 11) is 0. The molecule has 3 heterocycles. The molecule has 0 saturated carbocycles. The summed E-state index contributed by atoms with van der Waals surface area (Å²) in [6.45, 7) is 14.8. The molecule has 9 nitrogen and oxygen atoms in total. The Morgan fingerprint density at radius 1 is 1.21 bits per heavy atom. The van der Waals surface area contributed by atoms with E-state index in [2.05, 4.69) is 39.8 Å². The zero-order valence-electron chi connectivity index (χ0n) is 29.3. The highest BCUT2D eigenvalue weighted by atomic mass is 16.7. The third-order valence-electron chi connectivity index (χ3n) is 10.2. The van der Waals surface area contributed by atoms with Crippen molar-refractivity contribution in [1.29, 1.82) is 0 Å².